The van der Waals surface area contributed by atoms with Gasteiger partial charge in [-0.15, -0.1) is 0 Å². The maximum atomic E-state index is 14.2. The molecule has 2 unspecified atom stereocenters. The molecule has 0 heterocycles. The molecule has 0 radical (unpaired) electrons. The van der Waals surface area contributed by atoms with Gasteiger partial charge >= 0.3 is 6.09 Å². The van der Waals surface area contributed by atoms with Crippen molar-refractivity contribution in [3.63, 3.8) is 0 Å². The van der Waals surface area contributed by atoms with Gasteiger partial charge in [0, 0.05) is 17.8 Å². The average Bonchev–Trinajstić information content (AvgIpc) is 2.89. The van der Waals surface area contributed by atoms with Gasteiger partial charge in [0.15, 0.2) is 0 Å². The number of para-hydroxylation sites is 2. The smallest absolute Gasteiger partial charge is 0.408 e. The molecule has 0 saturated carbocycles. The number of anilines is 1. The van der Waals surface area contributed by atoms with Crippen molar-refractivity contribution in [2.75, 3.05) is 23.9 Å². The van der Waals surface area contributed by atoms with Gasteiger partial charge in [-0.1, -0.05) is 62.6 Å². The van der Waals surface area contributed by atoms with E-state index in [0.29, 0.717) is 29.8 Å². The zero-order valence-electron chi connectivity index (χ0n) is 24.7. The van der Waals surface area contributed by atoms with Crippen LogP contribution in [0.1, 0.15) is 77.0 Å². The number of aryl methyl sites for hydroxylation is 1. The average molecular weight is 572 g/mol. The fourth-order valence-corrected chi connectivity index (χ4v) is 4.77. The highest BCUT2D eigenvalue weighted by molar-refractivity contribution is 7.98. The summed E-state index contributed by atoms with van der Waals surface area (Å²) in [6, 6.07) is 11.9. The molecule has 3 N–H and O–H groups in total. The molecule has 0 aliphatic carbocycles. The second-order valence-corrected chi connectivity index (χ2v) is 11.8. The molecule has 0 saturated heterocycles. The number of alkyl carbamates (subject to hydrolysis) is 1. The first-order valence-electron chi connectivity index (χ1n) is 13.9. The number of phenolic OH excluding ortho intramolecular Hbond substituents is 1. The number of unbranched alkanes of at least 4 members (excludes halogenated alkanes) is 3. The SMILES string of the molecule is CCCCCCN(C(=O)C(CCSC)NC(=O)OC(C)(C)C)C(C(=O)Nc1ccccc1C)c1ccccc1O. The zero-order valence-corrected chi connectivity index (χ0v) is 25.5. The normalized spacial score (nSPS) is 12.8. The van der Waals surface area contributed by atoms with E-state index in [9.17, 15) is 19.5 Å². The van der Waals surface area contributed by atoms with E-state index in [-0.39, 0.29) is 12.3 Å². The van der Waals surface area contributed by atoms with Gasteiger partial charge in [0.1, 0.15) is 23.4 Å². The lowest BCUT2D eigenvalue weighted by Crippen LogP contribution is -2.52. The van der Waals surface area contributed by atoms with Crippen LogP contribution in [0.2, 0.25) is 0 Å². The van der Waals surface area contributed by atoms with Gasteiger partial charge in [0.25, 0.3) is 5.91 Å². The summed E-state index contributed by atoms with van der Waals surface area (Å²) in [6.07, 6.45) is 5.15. The predicted molar refractivity (Wildman–Crippen MR) is 163 cm³/mol. The minimum atomic E-state index is -1.12. The van der Waals surface area contributed by atoms with Crippen LogP contribution < -0.4 is 10.6 Å². The summed E-state index contributed by atoms with van der Waals surface area (Å²) in [5.74, 6) is -0.309. The van der Waals surface area contributed by atoms with Crippen LogP contribution >= 0.6 is 11.8 Å². The van der Waals surface area contributed by atoms with Gasteiger partial charge in [-0.25, -0.2) is 4.79 Å². The van der Waals surface area contributed by atoms with Crippen LogP contribution in [0.15, 0.2) is 48.5 Å². The largest absolute Gasteiger partial charge is 0.508 e. The minimum absolute atomic E-state index is 0.0837. The molecule has 0 fully saturated rings. The molecule has 0 aromatic heterocycles. The Morgan fingerprint density at radius 1 is 1.02 bits per heavy atom. The van der Waals surface area contributed by atoms with Crippen molar-refractivity contribution in [3.05, 3.63) is 59.7 Å². The number of carbonyl (C=O) groups is 3. The maximum absolute atomic E-state index is 14.2. The van der Waals surface area contributed by atoms with Crippen molar-refractivity contribution >= 4 is 35.4 Å². The van der Waals surface area contributed by atoms with Crippen molar-refractivity contribution in [3.8, 4) is 5.75 Å². The Balaban J connectivity index is 2.54. The Labute approximate surface area is 243 Å². The van der Waals surface area contributed by atoms with E-state index < -0.39 is 35.6 Å². The molecule has 9 heteroatoms. The van der Waals surface area contributed by atoms with Gasteiger partial charge in [-0.3, -0.25) is 9.59 Å². The Hall–Kier alpha value is -3.20. The van der Waals surface area contributed by atoms with Crippen molar-refractivity contribution in [2.24, 2.45) is 0 Å². The first kappa shape index (κ1) is 33.0. The first-order chi connectivity index (χ1) is 19.0. The van der Waals surface area contributed by atoms with E-state index >= 15 is 0 Å². The molecule has 2 rings (SSSR count). The van der Waals surface area contributed by atoms with Crippen molar-refractivity contribution in [2.45, 2.75) is 84.4 Å². The van der Waals surface area contributed by atoms with Crippen LogP contribution in [0.5, 0.6) is 5.75 Å². The number of amides is 3. The zero-order chi connectivity index (χ0) is 29.7. The number of carbonyl (C=O) groups excluding carboxylic acids is 3. The summed E-state index contributed by atoms with van der Waals surface area (Å²) in [5, 5.41) is 16.5. The quantitative estimate of drug-likeness (QED) is 0.225. The van der Waals surface area contributed by atoms with Gasteiger partial charge < -0.3 is 25.4 Å². The maximum Gasteiger partial charge on any atom is 0.408 e. The summed E-state index contributed by atoms with van der Waals surface area (Å²) < 4.78 is 5.45. The number of aromatic hydroxyl groups is 1. The predicted octanol–water partition coefficient (Wildman–Crippen LogP) is 6.44. The summed E-state index contributed by atoms with van der Waals surface area (Å²) in [6.45, 7) is 9.55. The third-order valence-electron chi connectivity index (χ3n) is 6.33. The highest BCUT2D eigenvalue weighted by Gasteiger charge is 2.37. The third kappa shape index (κ3) is 10.4. The number of rotatable bonds is 14. The Bertz CT molecular complexity index is 1120. The molecular weight excluding hydrogens is 526 g/mol. The summed E-state index contributed by atoms with van der Waals surface area (Å²) in [4.78, 5) is 42.5. The number of hydrogen-bond acceptors (Lipinski definition) is 6. The van der Waals surface area contributed by atoms with Gasteiger partial charge in [-0.2, -0.15) is 11.8 Å². The Kier molecular flexibility index (Phi) is 13.3. The molecule has 0 aliphatic rings. The third-order valence-corrected chi connectivity index (χ3v) is 6.97. The van der Waals surface area contributed by atoms with Crippen molar-refractivity contribution in [1.29, 1.82) is 0 Å². The molecule has 3 amide bonds. The summed E-state index contributed by atoms with van der Waals surface area (Å²) >= 11 is 1.56. The van der Waals surface area contributed by atoms with Crippen molar-refractivity contribution in [1.82, 2.24) is 10.2 Å². The highest BCUT2D eigenvalue weighted by atomic mass is 32.2. The first-order valence-corrected chi connectivity index (χ1v) is 15.3. The van der Waals surface area contributed by atoms with E-state index in [2.05, 4.69) is 17.6 Å². The van der Waals surface area contributed by atoms with E-state index in [1.54, 1.807) is 56.8 Å². The van der Waals surface area contributed by atoms with E-state index in [1.165, 1.54) is 11.0 Å². The Morgan fingerprint density at radius 2 is 1.70 bits per heavy atom. The van der Waals surface area contributed by atoms with Crippen molar-refractivity contribution < 1.29 is 24.2 Å². The fourth-order valence-electron chi connectivity index (χ4n) is 4.30. The molecule has 8 nitrogen and oxygen atoms in total. The number of phenols is 1. The standard InChI is InChI=1S/C31H45N3O5S/c1-7-8-9-14-20-34(29(37)25(19-21-40-6)33-30(38)39-31(3,4)5)27(23-16-11-13-18-26(23)35)28(36)32-24-17-12-10-15-22(24)2/h10-13,15-18,25,27,35H,7-9,14,19-21H2,1-6H3,(H,32,36)(H,33,38). The number of nitrogens with one attached hydrogen (secondary N) is 2. The minimum Gasteiger partial charge on any atom is -0.508 e. The number of benzene rings is 2. The van der Waals surface area contributed by atoms with Crippen LogP contribution in [0.25, 0.3) is 0 Å². The van der Waals surface area contributed by atoms with Gasteiger partial charge in [0.05, 0.1) is 0 Å². The molecule has 40 heavy (non-hydrogen) atoms. The van der Waals surface area contributed by atoms with Crippen LogP contribution in [0.3, 0.4) is 0 Å². The van der Waals surface area contributed by atoms with Crippen LogP contribution in [-0.4, -0.2) is 58.1 Å². The lowest BCUT2D eigenvalue weighted by Gasteiger charge is -2.35. The molecular formula is C31H45N3O5S. The molecule has 2 atom stereocenters. The van der Waals surface area contributed by atoms with Crippen LogP contribution in [0, 0.1) is 6.92 Å². The van der Waals surface area contributed by atoms with E-state index in [0.717, 1.165) is 24.8 Å². The second kappa shape index (κ2) is 16.2. The molecule has 0 spiro atoms. The number of nitrogens with zero attached hydrogens (tertiary/aromatic N) is 1. The Morgan fingerprint density at radius 3 is 2.33 bits per heavy atom. The monoisotopic (exact) mass is 571 g/mol. The topological polar surface area (TPSA) is 108 Å². The lowest BCUT2D eigenvalue weighted by atomic mass is 10.00. The highest BCUT2D eigenvalue weighted by Crippen LogP contribution is 2.32. The number of hydrogen-bond donors (Lipinski definition) is 3. The molecule has 2 aromatic rings. The van der Waals surface area contributed by atoms with E-state index in [4.69, 9.17) is 4.74 Å². The second-order valence-electron chi connectivity index (χ2n) is 10.8. The number of ether oxygens (including phenoxy) is 1. The lowest BCUT2D eigenvalue weighted by molar-refractivity contribution is -0.141. The summed E-state index contributed by atoms with van der Waals surface area (Å²) in [5.41, 5.74) is 1.08. The van der Waals surface area contributed by atoms with Crippen LogP contribution in [-0.2, 0) is 14.3 Å². The van der Waals surface area contributed by atoms with Crippen LogP contribution in [0.4, 0.5) is 10.5 Å². The summed E-state index contributed by atoms with van der Waals surface area (Å²) in [7, 11) is 0. The fraction of sp³-hybridized carbons (Fsp3) is 0.516. The molecule has 220 valence electrons. The van der Waals surface area contributed by atoms with E-state index in [1.807, 2.05) is 31.4 Å². The number of thioether (sulfide) groups is 1. The molecule has 0 bridgehead atoms. The molecule has 0 aliphatic heterocycles. The van der Waals surface area contributed by atoms with Gasteiger partial charge in [-0.05, 0) is 70.2 Å². The molecule has 2 aromatic carbocycles. The van der Waals surface area contributed by atoms with Gasteiger partial charge in [0.2, 0.25) is 5.91 Å².